The Morgan fingerprint density at radius 1 is 1.07 bits per heavy atom. The number of nitrogens with zero attached hydrogens (tertiary/aromatic N) is 2. The van der Waals surface area contributed by atoms with Gasteiger partial charge in [0.25, 0.3) is 15.6 Å². The normalized spacial score (nSPS) is 11.7. The van der Waals surface area contributed by atoms with E-state index in [2.05, 4.69) is 0 Å². The van der Waals surface area contributed by atoms with Crippen molar-refractivity contribution in [1.29, 1.82) is 0 Å². The fourth-order valence-corrected chi connectivity index (χ4v) is 5.15. The molecular weight excluding hydrogens is 411 g/mol. The molecule has 0 amide bonds. The summed E-state index contributed by atoms with van der Waals surface area (Å²) in [5.41, 5.74) is 0.267. The zero-order chi connectivity index (χ0) is 19.8. The van der Waals surface area contributed by atoms with Crippen molar-refractivity contribution in [3.8, 4) is 5.69 Å². The van der Waals surface area contributed by atoms with Gasteiger partial charge in [-0.2, -0.15) is 12.5 Å². The summed E-state index contributed by atoms with van der Waals surface area (Å²) in [5, 5.41) is 9.48. The minimum atomic E-state index is -4.24. The third-order valence-electron chi connectivity index (χ3n) is 4.12. The van der Waals surface area contributed by atoms with Crippen LogP contribution < -0.4 is 5.56 Å². The van der Waals surface area contributed by atoms with Crippen molar-refractivity contribution in [2.75, 3.05) is 6.61 Å². The first-order chi connectivity index (χ1) is 12.8. The van der Waals surface area contributed by atoms with Gasteiger partial charge in [-0.3, -0.25) is 4.79 Å². The topological polar surface area (TPSA) is 81.3 Å². The van der Waals surface area contributed by atoms with Crippen LogP contribution in [0.15, 0.2) is 58.2 Å². The maximum atomic E-state index is 13.4. The van der Waals surface area contributed by atoms with Crippen molar-refractivity contribution >= 4 is 33.2 Å². The highest BCUT2D eigenvalue weighted by atomic mass is 35.5. The summed E-state index contributed by atoms with van der Waals surface area (Å²) in [7, 11) is -4.24. The van der Waals surface area contributed by atoms with E-state index < -0.39 is 15.6 Å². The lowest BCUT2D eigenvalue weighted by Gasteiger charge is -2.15. The predicted octanol–water partition coefficient (Wildman–Crippen LogP) is 3.03. The molecule has 1 aromatic heterocycles. The molecule has 0 fully saturated rings. The van der Waals surface area contributed by atoms with Crippen molar-refractivity contribution in [3.05, 3.63) is 80.2 Å². The molecule has 0 saturated carbocycles. The quantitative estimate of drug-likeness (QED) is 0.679. The fraction of sp³-hybridized carbons (Fsp3) is 0.167. The molecule has 2 aromatic carbocycles. The Kier molecular flexibility index (Phi) is 5.48. The van der Waals surface area contributed by atoms with Gasteiger partial charge < -0.3 is 5.11 Å². The van der Waals surface area contributed by atoms with E-state index >= 15 is 0 Å². The van der Waals surface area contributed by atoms with Gasteiger partial charge in [-0.05, 0) is 37.3 Å². The van der Waals surface area contributed by atoms with Crippen LogP contribution in [0, 0.1) is 6.92 Å². The number of hydrogen-bond acceptors (Lipinski definition) is 4. The number of aliphatic hydroxyl groups excluding tert-OH is 1. The SMILES string of the molecule is Cc1c(CCO)c(=O)n(-c2ccccc2)n1S(=O)(=O)c1cc(Cl)ccc1Cl. The van der Waals surface area contributed by atoms with Gasteiger partial charge in [-0.1, -0.05) is 41.4 Å². The standard InChI is InChI=1S/C18H16Cl2N2O4S/c1-12-15(9-10-23)18(24)21(14-5-3-2-4-6-14)22(12)27(25,26)17-11-13(19)7-8-16(17)20/h2-8,11,23H,9-10H2,1H3. The minimum absolute atomic E-state index is 0.0109. The van der Waals surface area contributed by atoms with Crippen LogP contribution in [-0.2, 0) is 16.4 Å². The molecule has 0 aliphatic carbocycles. The van der Waals surface area contributed by atoms with Gasteiger partial charge in [-0.15, -0.1) is 0 Å². The highest BCUT2D eigenvalue weighted by molar-refractivity contribution is 7.90. The van der Waals surface area contributed by atoms with Crippen LogP contribution >= 0.6 is 23.2 Å². The lowest BCUT2D eigenvalue weighted by atomic mass is 10.2. The average Bonchev–Trinajstić information content (AvgIpc) is 2.90. The summed E-state index contributed by atoms with van der Waals surface area (Å²) >= 11 is 12.1. The second-order valence-electron chi connectivity index (χ2n) is 5.81. The number of halogens is 2. The molecule has 3 aromatic rings. The monoisotopic (exact) mass is 426 g/mol. The summed E-state index contributed by atoms with van der Waals surface area (Å²) in [6.07, 6.45) is 0.0310. The van der Waals surface area contributed by atoms with Crippen molar-refractivity contribution in [1.82, 2.24) is 8.77 Å². The van der Waals surface area contributed by atoms with E-state index in [9.17, 15) is 18.3 Å². The first-order valence-corrected chi connectivity index (χ1v) is 10.2. The lowest BCUT2D eigenvalue weighted by molar-refractivity contribution is 0.299. The number of aliphatic hydroxyl groups is 1. The van der Waals surface area contributed by atoms with E-state index in [0.29, 0.717) is 5.69 Å². The van der Waals surface area contributed by atoms with E-state index in [-0.39, 0.29) is 39.2 Å². The Balaban J connectivity index is 2.40. The highest BCUT2D eigenvalue weighted by Crippen LogP contribution is 2.28. The van der Waals surface area contributed by atoms with E-state index in [1.54, 1.807) is 30.3 Å². The van der Waals surface area contributed by atoms with E-state index in [0.717, 1.165) is 8.77 Å². The van der Waals surface area contributed by atoms with E-state index in [1.165, 1.54) is 25.1 Å². The maximum absolute atomic E-state index is 13.4. The van der Waals surface area contributed by atoms with Crippen molar-refractivity contribution < 1.29 is 13.5 Å². The van der Waals surface area contributed by atoms with Crippen molar-refractivity contribution in [3.63, 3.8) is 0 Å². The molecule has 0 saturated heterocycles. The van der Waals surface area contributed by atoms with Crippen LogP contribution in [0.3, 0.4) is 0 Å². The molecule has 0 aliphatic heterocycles. The van der Waals surface area contributed by atoms with Crippen molar-refractivity contribution in [2.45, 2.75) is 18.2 Å². The molecule has 9 heteroatoms. The molecule has 0 bridgehead atoms. The third-order valence-corrected chi connectivity index (χ3v) is 6.58. The van der Waals surface area contributed by atoms with Crippen LogP contribution in [0.4, 0.5) is 0 Å². The fourth-order valence-electron chi connectivity index (χ4n) is 2.88. The summed E-state index contributed by atoms with van der Waals surface area (Å²) < 4.78 is 28.8. The molecule has 0 aliphatic rings. The largest absolute Gasteiger partial charge is 0.396 e. The van der Waals surface area contributed by atoms with Gasteiger partial charge >= 0.3 is 0 Å². The Labute approximate surface area is 166 Å². The zero-order valence-electron chi connectivity index (χ0n) is 14.3. The van der Waals surface area contributed by atoms with Gasteiger partial charge in [0.1, 0.15) is 4.90 Å². The average molecular weight is 427 g/mol. The van der Waals surface area contributed by atoms with E-state index in [4.69, 9.17) is 23.2 Å². The summed E-state index contributed by atoms with van der Waals surface area (Å²) in [5.74, 6) is 0. The molecule has 0 unspecified atom stereocenters. The van der Waals surface area contributed by atoms with Crippen molar-refractivity contribution in [2.24, 2.45) is 0 Å². The second-order valence-corrected chi connectivity index (χ2v) is 8.39. The molecule has 6 nitrogen and oxygen atoms in total. The highest BCUT2D eigenvalue weighted by Gasteiger charge is 2.29. The molecule has 0 spiro atoms. The maximum Gasteiger partial charge on any atom is 0.283 e. The number of benzene rings is 2. The Hall–Kier alpha value is -2.06. The minimum Gasteiger partial charge on any atom is -0.396 e. The first kappa shape index (κ1) is 19.7. The van der Waals surface area contributed by atoms with Gasteiger partial charge in [0.05, 0.1) is 16.4 Å². The van der Waals surface area contributed by atoms with Gasteiger partial charge in [0, 0.05) is 23.6 Å². The lowest BCUT2D eigenvalue weighted by Crippen LogP contribution is -2.27. The van der Waals surface area contributed by atoms with Crippen LogP contribution in [0.25, 0.3) is 5.69 Å². The van der Waals surface area contributed by atoms with Gasteiger partial charge in [-0.25, -0.2) is 4.68 Å². The predicted molar refractivity (Wildman–Crippen MR) is 105 cm³/mol. The number of hydrogen-bond donors (Lipinski definition) is 1. The van der Waals surface area contributed by atoms with Crippen LogP contribution in [0.2, 0.25) is 10.0 Å². The van der Waals surface area contributed by atoms with E-state index in [1.807, 2.05) is 0 Å². The van der Waals surface area contributed by atoms with Gasteiger partial charge in [0.15, 0.2) is 0 Å². The smallest absolute Gasteiger partial charge is 0.283 e. The molecule has 0 radical (unpaired) electrons. The Morgan fingerprint density at radius 2 is 1.74 bits per heavy atom. The Morgan fingerprint density at radius 3 is 2.37 bits per heavy atom. The molecule has 27 heavy (non-hydrogen) atoms. The Bertz CT molecular complexity index is 1150. The molecule has 3 rings (SSSR count). The van der Waals surface area contributed by atoms with Gasteiger partial charge in [0.2, 0.25) is 0 Å². The summed E-state index contributed by atoms with van der Waals surface area (Å²) in [4.78, 5) is 12.7. The second kappa shape index (κ2) is 7.52. The third kappa shape index (κ3) is 3.43. The van der Waals surface area contributed by atoms with Crippen LogP contribution in [0.5, 0.6) is 0 Å². The number of para-hydroxylation sites is 1. The number of aromatic nitrogens is 2. The molecule has 1 N–H and O–H groups in total. The first-order valence-electron chi connectivity index (χ1n) is 7.99. The number of rotatable bonds is 5. The van der Waals surface area contributed by atoms with Crippen LogP contribution in [0.1, 0.15) is 11.3 Å². The molecule has 142 valence electrons. The summed E-state index contributed by atoms with van der Waals surface area (Å²) in [6, 6.07) is 12.5. The van der Waals surface area contributed by atoms with Crippen LogP contribution in [-0.4, -0.2) is 28.9 Å². The molecule has 0 atom stereocenters. The summed E-state index contributed by atoms with van der Waals surface area (Å²) in [6.45, 7) is 1.23. The molecule has 1 heterocycles. The molecular formula is C18H16Cl2N2O4S. The zero-order valence-corrected chi connectivity index (χ0v) is 16.6.